The Hall–Kier alpha value is -2.19. The summed E-state index contributed by atoms with van der Waals surface area (Å²) >= 11 is 3.52. The van der Waals surface area contributed by atoms with Crippen LogP contribution in [0.2, 0.25) is 0 Å². The van der Waals surface area contributed by atoms with E-state index in [2.05, 4.69) is 31.4 Å². The number of rotatable bonds is 5. The molecular weight excluding hydrogens is 423 g/mol. The Morgan fingerprint density at radius 3 is 2.48 bits per heavy atom. The minimum Gasteiger partial charge on any atom is -0.337 e. The maximum absolute atomic E-state index is 12.9. The van der Waals surface area contributed by atoms with E-state index in [9.17, 15) is 13.2 Å². The maximum Gasteiger partial charge on any atom is 0.416 e. The van der Waals surface area contributed by atoms with E-state index in [1.165, 1.54) is 12.1 Å². The summed E-state index contributed by atoms with van der Waals surface area (Å²) in [7, 11) is 0. The highest BCUT2D eigenvalue weighted by atomic mass is 79.9. The normalized spacial score (nSPS) is 14.1. The van der Waals surface area contributed by atoms with Crippen molar-refractivity contribution < 1.29 is 17.7 Å². The number of aromatic nitrogens is 2. The lowest BCUT2D eigenvalue weighted by molar-refractivity contribution is -0.137. The molecule has 8 heteroatoms. The van der Waals surface area contributed by atoms with Crippen LogP contribution in [0.4, 0.5) is 13.2 Å². The number of benzene rings is 2. The molecular formula is C19H17BrF3N3O. The number of hydrogen-bond donors (Lipinski definition) is 1. The zero-order chi connectivity index (χ0) is 19.6. The standard InChI is InChI=1S/C19H17BrF3N3O/c1-11(15-8-3-4-9-16(15)20)24-12(2)18-25-17(26-27-18)13-6-5-7-14(10-13)19(21,22)23/h3-12,24H,1-2H3. The smallest absolute Gasteiger partial charge is 0.337 e. The van der Waals surface area contributed by atoms with Gasteiger partial charge in [0.1, 0.15) is 0 Å². The van der Waals surface area contributed by atoms with Gasteiger partial charge in [0.2, 0.25) is 11.7 Å². The molecule has 0 aliphatic heterocycles. The van der Waals surface area contributed by atoms with Crippen LogP contribution >= 0.6 is 15.9 Å². The molecule has 4 nitrogen and oxygen atoms in total. The number of nitrogens with one attached hydrogen (secondary N) is 1. The molecule has 142 valence electrons. The lowest BCUT2D eigenvalue weighted by Gasteiger charge is -2.18. The zero-order valence-electron chi connectivity index (χ0n) is 14.6. The van der Waals surface area contributed by atoms with Crippen molar-refractivity contribution in [3.8, 4) is 11.4 Å². The van der Waals surface area contributed by atoms with Gasteiger partial charge in [0.15, 0.2) is 0 Å². The van der Waals surface area contributed by atoms with Crippen molar-refractivity contribution in [1.82, 2.24) is 15.5 Å². The van der Waals surface area contributed by atoms with Crippen LogP contribution in [0.15, 0.2) is 57.5 Å². The van der Waals surface area contributed by atoms with E-state index in [4.69, 9.17) is 4.52 Å². The summed E-state index contributed by atoms with van der Waals surface area (Å²) in [4.78, 5) is 4.25. The molecule has 1 aromatic heterocycles. The average Bonchev–Trinajstić information content (AvgIpc) is 3.12. The van der Waals surface area contributed by atoms with Crippen molar-refractivity contribution in [2.24, 2.45) is 0 Å². The van der Waals surface area contributed by atoms with Crippen LogP contribution in [0, 0.1) is 0 Å². The van der Waals surface area contributed by atoms with Crippen LogP contribution in [0.3, 0.4) is 0 Å². The Balaban J connectivity index is 1.77. The second-order valence-corrected chi connectivity index (χ2v) is 7.02. The molecule has 0 aliphatic rings. The van der Waals surface area contributed by atoms with E-state index in [-0.39, 0.29) is 23.5 Å². The van der Waals surface area contributed by atoms with Crippen molar-refractivity contribution in [3.05, 3.63) is 70.0 Å². The van der Waals surface area contributed by atoms with Gasteiger partial charge in [0.25, 0.3) is 0 Å². The lowest BCUT2D eigenvalue weighted by Crippen LogP contribution is -2.23. The summed E-state index contributed by atoms with van der Waals surface area (Å²) in [6.45, 7) is 3.86. The Kier molecular flexibility index (Phi) is 5.67. The lowest BCUT2D eigenvalue weighted by atomic mass is 10.1. The molecule has 0 saturated carbocycles. The summed E-state index contributed by atoms with van der Waals surface area (Å²) in [5.74, 6) is 0.430. The fourth-order valence-corrected chi connectivity index (χ4v) is 3.35. The second kappa shape index (κ2) is 7.82. The Bertz CT molecular complexity index is 926. The fourth-order valence-electron chi connectivity index (χ4n) is 2.73. The first-order chi connectivity index (χ1) is 12.8. The van der Waals surface area contributed by atoms with Crippen molar-refractivity contribution in [2.75, 3.05) is 0 Å². The number of hydrogen-bond acceptors (Lipinski definition) is 4. The third-order valence-electron chi connectivity index (χ3n) is 4.13. The van der Waals surface area contributed by atoms with Gasteiger partial charge in [0.05, 0.1) is 11.6 Å². The molecule has 0 aliphatic carbocycles. The fraction of sp³-hybridized carbons (Fsp3) is 0.263. The summed E-state index contributed by atoms with van der Waals surface area (Å²) in [6.07, 6.45) is -4.42. The molecule has 0 amide bonds. The van der Waals surface area contributed by atoms with E-state index >= 15 is 0 Å². The molecule has 0 spiro atoms. The molecule has 2 unspecified atom stereocenters. The molecule has 2 aromatic carbocycles. The Morgan fingerprint density at radius 1 is 1.04 bits per heavy atom. The molecule has 1 N–H and O–H groups in total. The van der Waals surface area contributed by atoms with Gasteiger partial charge in [-0.1, -0.05) is 51.4 Å². The minimum atomic E-state index is -4.42. The molecule has 0 bridgehead atoms. The summed E-state index contributed by atoms with van der Waals surface area (Å²) < 4.78 is 44.9. The number of halogens is 4. The second-order valence-electron chi connectivity index (χ2n) is 6.17. The zero-order valence-corrected chi connectivity index (χ0v) is 16.2. The monoisotopic (exact) mass is 439 g/mol. The van der Waals surface area contributed by atoms with Crippen molar-refractivity contribution in [3.63, 3.8) is 0 Å². The van der Waals surface area contributed by atoms with Crippen LogP contribution in [0.5, 0.6) is 0 Å². The van der Waals surface area contributed by atoms with Crippen LogP contribution in [0.25, 0.3) is 11.4 Å². The Morgan fingerprint density at radius 2 is 1.78 bits per heavy atom. The SMILES string of the molecule is CC(NC(C)c1ccccc1Br)c1nc(-c2cccc(C(F)(F)F)c2)no1. The number of nitrogens with zero attached hydrogens (tertiary/aromatic N) is 2. The average molecular weight is 440 g/mol. The first kappa shape index (κ1) is 19.6. The highest BCUT2D eigenvalue weighted by molar-refractivity contribution is 9.10. The Labute approximate surface area is 162 Å². The van der Waals surface area contributed by atoms with Gasteiger partial charge in [-0.05, 0) is 37.6 Å². The van der Waals surface area contributed by atoms with Crippen molar-refractivity contribution in [2.45, 2.75) is 32.1 Å². The van der Waals surface area contributed by atoms with Crippen molar-refractivity contribution in [1.29, 1.82) is 0 Å². The molecule has 27 heavy (non-hydrogen) atoms. The van der Waals surface area contributed by atoms with E-state index in [0.29, 0.717) is 5.89 Å². The predicted octanol–water partition coefficient (Wildman–Crippen LogP) is 5.93. The third kappa shape index (κ3) is 4.56. The highest BCUT2D eigenvalue weighted by Gasteiger charge is 2.31. The van der Waals surface area contributed by atoms with E-state index in [1.54, 1.807) is 0 Å². The van der Waals surface area contributed by atoms with Crippen molar-refractivity contribution >= 4 is 15.9 Å². The molecule has 3 rings (SSSR count). The van der Waals surface area contributed by atoms with Crippen LogP contribution in [0.1, 0.15) is 42.9 Å². The van der Waals surface area contributed by atoms with Gasteiger partial charge in [0, 0.05) is 16.1 Å². The highest BCUT2D eigenvalue weighted by Crippen LogP contribution is 2.32. The van der Waals surface area contributed by atoms with Gasteiger partial charge in [-0.25, -0.2) is 0 Å². The van der Waals surface area contributed by atoms with Gasteiger partial charge in [-0.3, -0.25) is 5.32 Å². The largest absolute Gasteiger partial charge is 0.416 e. The van der Waals surface area contributed by atoms with Crippen LogP contribution in [-0.2, 0) is 6.18 Å². The van der Waals surface area contributed by atoms with Gasteiger partial charge < -0.3 is 4.52 Å². The summed E-state index contributed by atoms with van der Waals surface area (Å²) in [5.41, 5.74) is 0.577. The first-order valence-electron chi connectivity index (χ1n) is 8.27. The third-order valence-corrected chi connectivity index (χ3v) is 4.85. The predicted molar refractivity (Wildman–Crippen MR) is 98.8 cm³/mol. The van der Waals surface area contributed by atoms with Crippen LogP contribution in [-0.4, -0.2) is 10.1 Å². The molecule has 2 atom stereocenters. The quantitative estimate of drug-likeness (QED) is 0.535. The molecule has 0 radical (unpaired) electrons. The molecule has 0 fully saturated rings. The summed E-state index contributed by atoms with van der Waals surface area (Å²) in [5, 5.41) is 7.17. The summed E-state index contributed by atoms with van der Waals surface area (Å²) in [6, 6.07) is 12.4. The molecule has 0 saturated heterocycles. The van der Waals surface area contributed by atoms with Gasteiger partial charge >= 0.3 is 6.18 Å². The molecule has 1 heterocycles. The van der Waals surface area contributed by atoms with Gasteiger partial charge in [-0.2, -0.15) is 18.2 Å². The molecule has 3 aromatic rings. The van der Waals surface area contributed by atoms with Crippen LogP contribution < -0.4 is 5.32 Å². The van der Waals surface area contributed by atoms with E-state index < -0.39 is 11.7 Å². The van der Waals surface area contributed by atoms with E-state index in [1.807, 2.05) is 38.1 Å². The van der Waals surface area contributed by atoms with E-state index in [0.717, 1.165) is 22.2 Å². The number of alkyl halides is 3. The van der Waals surface area contributed by atoms with Gasteiger partial charge in [-0.15, -0.1) is 0 Å². The topological polar surface area (TPSA) is 51.0 Å². The minimum absolute atomic E-state index is 0.000479. The maximum atomic E-state index is 12.9. The first-order valence-corrected chi connectivity index (χ1v) is 9.06.